The smallest absolute Gasteiger partial charge is 0.334 e. The van der Waals surface area contributed by atoms with Crippen molar-refractivity contribution in [2.45, 2.75) is 20.8 Å². The van der Waals surface area contributed by atoms with Crippen LogP contribution in [0.2, 0.25) is 0 Å². The highest BCUT2D eigenvalue weighted by Gasteiger charge is 2.24. The Kier molecular flexibility index (Phi) is 5.74. The van der Waals surface area contributed by atoms with Gasteiger partial charge in [-0.3, -0.25) is 4.79 Å². The standard InChI is InChI=1S/C11H20N2O3/c1-5-16-9(14)8(2)6-13-7-11(3,4)10(12)15/h13H,2,5-7H2,1,3-4H3,(H2,12,15). The molecule has 0 unspecified atom stereocenters. The van der Waals surface area contributed by atoms with Crippen LogP contribution in [0, 0.1) is 5.41 Å². The van der Waals surface area contributed by atoms with Gasteiger partial charge < -0.3 is 15.8 Å². The van der Waals surface area contributed by atoms with Gasteiger partial charge in [0.15, 0.2) is 0 Å². The Hall–Kier alpha value is -1.36. The van der Waals surface area contributed by atoms with Crippen molar-refractivity contribution in [2.24, 2.45) is 11.1 Å². The molecule has 0 fully saturated rings. The number of hydrogen-bond donors (Lipinski definition) is 2. The third-order valence-electron chi connectivity index (χ3n) is 2.14. The summed E-state index contributed by atoms with van der Waals surface area (Å²) < 4.78 is 4.76. The summed E-state index contributed by atoms with van der Waals surface area (Å²) in [6.07, 6.45) is 0. The van der Waals surface area contributed by atoms with E-state index in [2.05, 4.69) is 11.9 Å². The second-order valence-electron chi connectivity index (χ2n) is 4.18. The molecule has 0 aliphatic heterocycles. The largest absolute Gasteiger partial charge is 0.463 e. The molecular formula is C11H20N2O3. The predicted octanol–water partition coefficient (Wildman–Crippen LogP) is 0.207. The highest BCUT2D eigenvalue weighted by Crippen LogP contribution is 2.11. The van der Waals surface area contributed by atoms with E-state index in [1.165, 1.54) is 0 Å². The topological polar surface area (TPSA) is 81.4 Å². The van der Waals surface area contributed by atoms with Crippen LogP contribution in [-0.4, -0.2) is 31.6 Å². The molecule has 3 N–H and O–H groups in total. The lowest BCUT2D eigenvalue weighted by molar-refractivity contribution is -0.138. The van der Waals surface area contributed by atoms with E-state index in [9.17, 15) is 9.59 Å². The zero-order valence-electron chi connectivity index (χ0n) is 10.1. The van der Waals surface area contributed by atoms with Crippen molar-refractivity contribution in [2.75, 3.05) is 19.7 Å². The van der Waals surface area contributed by atoms with Crippen LogP contribution in [0.25, 0.3) is 0 Å². The van der Waals surface area contributed by atoms with E-state index in [0.29, 0.717) is 18.7 Å². The molecule has 0 aromatic carbocycles. The highest BCUT2D eigenvalue weighted by atomic mass is 16.5. The number of carbonyl (C=O) groups excluding carboxylic acids is 2. The normalized spacial score (nSPS) is 10.9. The summed E-state index contributed by atoms with van der Waals surface area (Å²) in [4.78, 5) is 22.2. The van der Waals surface area contributed by atoms with Crippen LogP contribution in [0.1, 0.15) is 20.8 Å². The molecule has 5 nitrogen and oxygen atoms in total. The van der Waals surface area contributed by atoms with Crippen LogP contribution in [0.15, 0.2) is 12.2 Å². The molecular weight excluding hydrogens is 208 g/mol. The first-order chi connectivity index (χ1) is 7.31. The number of amides is 1. The average Bonchev–Trinajstić information content (AvgIpc) is 2.17. The molecule has 0 saturated heterocycles. The van der Waals surface area contributed by atoms with Crippen molar-refractivity contribution in [1.82, 2.24) is 5.32 Å². The monoisotopic (exact) mass is 228 g/mol. The molecule has 0 heterocycles. The third-order valence-corrected chi connectivity index (χ3v) is 2.14. The minimum Gasteiger partial charge on any atom is -0.463 e. The molecule has 0 aliphatic rings. The fourth-order valence-corrected chi connectivity index (χ4v) is 0.918. The number of rotatable bonds is 7. The minimum atomic E-state index is -0.644. The van der Waals surface area contributed by atoms with Gasteiger partial charge in [-0.25, -0.2) is 4.79 Å². The van der Waals surface area contributed by atoms with E-state index in [1.807, 2.05) is 0 Å². The minimum absolute atomic E-state index is 0.287. The van der Waals surface area contributed by atoms with E-state index in [4.69, 9.17) is 10.5 Å². The first-order valence-corrected chi connectivity index (χ1v) is 5.16. The van der Waals surface area contributed by atoms with Crippen molar-refractivity contribution in [1.29, 1.82) is 0 Å². The summed E-state index contributed by atoms with van der Waals surface area (Å²) in [6.45, 7) is 9.78. The number of esters is 1. The number of primary amides is 1. The van der Waals surface area contributed by atoms with Crippen LogP contribution in [-0.2, 0) is 14.3 Å². The quantitative estimate of drug-likeness (QED) is 0.482. The lowest BCUT2D eigenvalue weighted by atomic mass is 9.93. The van der Waals surface area contributed by atoms with Gasteiger partial charge in [0.25, 0.3) is 0 Å². The van der Waals surface area contributed by atoms with Crippen molar-refractivity contribution in [3.63, 3.8) is 0 Å². The first kappa shape index (κ1) is 14.6. The molecule has 0 saturated carbocycles. The molecule has 92 valence electrons. The summed E-state index contributed by atoms with van der Waals surface area (Å²) in [5, 5.41) is 2.94. The Bertz CT molecular complexity index is 285. The summed E-state index contributed by atoms with van der Waals surface area (Å²) >= 11 is 0. The van der Waals surface area contributed by atoms with Gasteiger partial charge >= 0.3 is 5.97 Å². The maximum Gasteiger partial charge on any atom is 0.334 e. The number of ether oxygens (including phenoxy) is 1. The van der Waals surface area contributed by atoms with Gasteiger partial charge in [-0.2, -0.15) is 0 Å². The second-order valence-corrected chi connectivity index (χ2v) is 4.18. The molecule has 0 aromatic rings. The SMILES string of the molecule is C=C(CNCC(C)(C)C(N)=O)C(=O)OCC. The summed E-state index contributed by atoms with van der Waals surface area (Å²) in [6, 6.07) is 0. The van der Waals surface area contributed by atoms with E-state index in [0.717, 1.165) is 0 Å². The molecule has 0 spiro atoms. The lowest BCUT2D eigenvalue weighted by Gasteiger charge is -2.20. The lowest BCUT2D eigenvalue weighted by Crippen LogP contribution is -2.41. The Morgan fingerprint density at radius 3 is 2.44 bits per heavy atom. The molecule has 0 aliphatic carbocycles. The molecule has 0 bridgehead atoms. The molecule has 5 heteroatoms. The Labute approximate surface area is 96.0 Å². The van der Waals surface area contributed by atoms with Crippen molar-refractivity contribution in [3.05, 3.63) is 12.2 Å². The Morgan fingerprint density at radius 1 is 1.44 bits per heavy atom. The van der Waals surface area contributed by atoms with Gasteiger partial charge in [0.2, 0.25) is 5.91 Å². The van der Waals surface area contributed by atoms with Crippen LogP contribution in [0.4, 0.5) is 0 Å². The highest BCUT2D eigenvalue weighted by molar-refractivity contribution is 5.88. The fraction of sp³-hybridized carbons (Fsp3) is 0.636. The fourth-order valence-electron chi connectivity index (χ4n) is 0.918. The summed E-state index contributed by atoms with van der Waals surface area (Å²) in [5.41, 5.74) is 4.89. The van der Waals surface area contributed by atoms with E-state index >= 15 is 0 Å². The molecule has 0 aromatic heterocycles. The maximum absolute atomic E-state index is 11.2. The first-order valence-electron chi connectivity index (χ1n) is 5.16. The van der Waals surface area contributed by atoms with Crippen molar-refractivity contribution >= 4 is 11.9 Å². The summed E-state index contributed by atoms with van der Waals surface area (Å²) in [5.74, 6) is -0.811. The number of nitrogens with two attached hydrogens (primary N) is 1. The molecule has 16 heavy (non-hydrogen) atoms. The maximum atomic E-state index is 11.2. The van der Waals surface area contributed by atoms with E-state index in [1.54, 1.807) is 20.8 Å². The van der Waals surface area contributed by atoms with Gasteiger partial charge in [-0.05, 0) is 20.8 Å². The molecule has 1 amide bonds. The van der Waals surface area contributed by atoms with Crippen LogP contribution < -0.4 is 11.1 Å². The van der Waals surface area contributed by atoms with Gasteiger partial charge in [0.05, 0.1) is 12.0 Å². The van der Waals surface area contributed by atoms with Gasteiger partial charge in [0.1, 0.15) is 0 Å². The Balaban J connectivity index is 3.95. The molecule has 0 radical (unpaired) electrons. The molecule has 0 rings (SSSR count). The van der Waals surface area contributed by atoms with Crippen molar-refractivity contribution < 1.29 is 14.3 Å². The van der Waals surface area contributed by atoms with Gasteiger partial charge in [-0.15, -0.1) is 0 Å². The van der Waals surface area contributed by atoms with E-state index < -0.39 is 11.4 Å². The predicted molar refractivity (Wildman–Crippen MR) is 61.6 cm³/mol. The zero-order valence-corrected chi connectivity index (χ0v) is 10.1. The number of nitrogens with one attached hydrogen (secondary N) is 1. The Morgan fingerprint density at radius 2 is 2.00 bits per heavy atom. The molecule has 0 atom stereocenters. The van der Waals surface area contributed by atoms with Gasteiger partial charge in [-0.1, -0.05) is 6.58 Å². The van der Waals surface area contributed by atoms with Gasteiger partial charge in [0, 0.05) is 18.7 Å². The summed E-state index contributed by atoms with van der Waals surface area (Å²) in [7, 11) is 0. The number of hydrogen-bond acceptors (Lipinski definition) is 4. The van der Waals surface area contributed by atoms with Crippen LogP contribution in [0.3, 0.4) is 0 Å². The average molecular weight is 228 g/mol. The third kappa shape index (κ3) is 4.93. The number of carbonyl (C=O) groups is 2. The van der Waals surface area contributed by atoms with E-state index in [-0.39, 0.29) is 12.5 Å². The van der Waals surface area contributed by atoms with Crippen LogP contribution in [0.5, 0.6) is 0 Å². The van der Waals surface area contributed by atoms with Crippen LogP contribution >= 0.6 is 0 Å². The second kappa shape index (κ2) is 6.27. The van der Waals surface area contributed by atoms with Crippen molar-refractivity contribution in [3.8, 4) is 0 Å². The zero-order chi connectivity index (χ0) is 12.8.